The standard InChI is InChI=1S/C12H14N2O3/c15-14(16)10-4-3-9-7-13-5-1-2-11(13)8-17-12(9)6-10/h3-4,6,11H,1-2,5,7-8H2. The molecule has 1 aromatic carbocycles. The summed E-state index contributed by atoms with van der Waals surface area (Å²) in [5.41, 5.74) is 1.16. The largest absolute Gasteiger partial charge is 0.491 e. The molecule has 0 amide bonds. The Balaban J connectivity index is 1.92. The number of nitro benzene ring substituents is 1. The van der Waals surface area contributed by atoms with Crippen molar-refractivity contribution in [2.45, 2.75) is 25.4 Å². The van der Waals surface area contributed by atoms with Crippen molar-refractivity contribution in [1.82, 2.24) is 4.90 Å². The Bertz CT molecular complexity index is 461. The summed E-state index contributed by atoms with van der Waals surface area (Å²) in [5.74, 6) is 0.675. The summed E-state index contributed by atoms with van der Waals surface area (Å²) < 4.78 is 5.71. The van der Waals surface area contributed by atoms with E-state index in [4.69, 9.17) is 4.74 Å². The smallest absolute Gasteiger partial charge is 0.273 e. The zero-order valence-electron chi connectivity index (χ0n) is 9.46. The van der Waals surface area contributed by atoms with E-state index in [1.807, 2.05) is 6.07 Å². The fourth-order valence-electron chi connectivity index (χ4n) is 2.62. The van der Waals surface area contributed by atoms with Gasteiger partial charge in [-0.05, 0) is 25.5 Å². The molecule has 2 heterocycles. The third-order valence-corrected chi connectivity index (χ3v) is 3.57. The molecule has 17 heavy (non-hydrogen) atoms. The van der Waals surface area contributed by atoms with E-state index in [1.54, 1.807) is 6.07 Å². The molecular weight excluding hydrogens is 220 g/mol. The van der Waals surface area contributed by atoms with Crippen LogP contribution in [0.3, 0.4) is 0 Å². The molecule has 1 unspecified atom stereocenters. The van der Waals surface area contributed by atoms with Crippen molar-refractivity contribution in [3.8, 4) is 5.75 Å². The minimum atomic E-state index is -0.379. The Morgan fingerprint density at radius 2 is 2.35 bits per heavy atom. The van der Waals surface area contributed by atoms with E-state index in [0.29, 0.717) is 18.4 Å². The lowest BCUT2D eigenvalue weighted by atomic mass is 10.1. The highest BCUT2D eigenvalue weighted by Gasteiger charge is 2.29. The Kier molecular flexibility index (Phi) is 2.48. The Morgan fingerprint density at radius 3 is 3.18 bits per heavy atom. The van der Waals surface area contributed by atoms with Crippen molar-refractivity contribution in [2.24, 2.45) is 0 Å². The molecule has 5 heteroatoms. The monoisotopic (exact) mass is 234 g/mol. The molecule has 0 aliphatic carbocycles. The lowest BCUT2D eigenvalue weighted by Crippen LogP contribution is -2.31. The average molecular weight is 234 g/mol. The molecule has 0 saturated carbocycles. The van der Waals surface area contributed by atoms with Crippen LogP contribution in [0.4, 0.5) is 5.69 Å². The first-order valence-corrected chi connectivity index (χ1v) is 5.88. The van der Waals surface area contributed by atoms with E-state index < -0.39 is 0 Å². The zero-order valence-corrected chi connectivity index (χ0v) is 9.46. The Morgan fingerprint density at radius 1 is 1.47 bits per heavy atom. The van der Waals surface area contributed by atoms with Gasteiger partial charge in [-0.1, -0.05) is 0 Å². The highest BCUT2D eigenvalue weighted by molar-refractivity contribution is 5.44. The quantitative estimate of drug-likeness (QED) is 0.550. The molecule has 2 aliphatic rings. The number of hydrogen-bond acceptors (Lipinski definition) is 4. The second kappa shape index (κ2) is 4.00. The summed E-state index contributed by atoms with van der Waals surface area (Å²) in [6.45, 7) is 2.59. The number of nitrogens with zero attached hydrogens (tertiary/aromatic N) is 2. The molecule has 0 radical (unpaired) electrons. The maximum Gasteiger partial charge on any atom is 0.273 e. The first-order chi connectivity index (χ1) is 8.24. The van der Waals surface area contributed by atoms with Gasteiger partial charge < -0.3 is 4.74 Å². The van der Waals surface area contributed by atoms with Crippen LogP contribution in [0.25, 0.3) is 0 Å². The van der Waals surface area contributed by atoms with Crippen molar-refractivity contribution < 1.29 is 9.66 Å². The van der Waals surface area contributed by atoms with Gasteiger partial charge in [-0.2, -0.15) is 0 Å². The summed E-state index contributed by atoms with van der Waals surface area (Å²) in [4.78, 5) is 12.7. The first kappa shape index (κ1) is 10.5. The van der Waals surface area contributed by atoms with E-state index in [-0.39, 0.29) is 10.6 Å². The van der Waals surface area contributed by atoms with E-state index in [1.165, 1.54) is 12.5 Å². The second-order valence-corrected chi connectivity index (χ2v) is 4.63. The molecule has 3 rings (SSSR count). The zero-order chi connectivity index (χ0) is 11.8. The maximum atomic E-state index is 10.7. The summed E-state index contributed by atoms with van der Waals surface area (Å²) >= 11 is 0. The van der Waals surface area contributed by atoms with E-state index in [0.717, 1.165) is 25.1 Å². The second-order valence-electron chi connectivity index (χ2n) is 4.63. The molecule has 1 atom stereocenters. The van der Waals surface area contributed by atoms with Gasteiger partial charge in [0.05, 0.1) is 11.0 Å². The van der Waals surface area contributed by atoms with Crippen molar-refractivity contribution in [3.05, 3.63) is 33.9 Å². The molecule has 1 aromatic rings. The first-order valence-electron chi connectivity index (χ1n) is 5.88. The van der Waals surface area contributed by atoms with Crippen LogP contribution >= 0.6 is 0 Å². The fourth-order valence-corrected chi connectivity index (χ4v) is 2.62. The minimum absolute atomic E-state index is 0.103. The highest BCUT2D eigenvalue weighted by Crippen LogP contribution is 2.32. The molecule has 5 nitrogen and oxygen atoms in total. The lowest BCUT2D eigenvalue weighted by Gasteiger charge is -2.19. The van der Waals surface area contributed by atoms with Gasteiger partial charge in [0, 0.05) is 24.2 Å². The Labute approximate surface area is 99.1 Å². The molecule has 0 bridgehead atoms. The van der Waals surface area contributed by atoms with E-state index >= 15 is 0 Å². The summed E-state index contributed by atoms with van der Waals surface area (Å²) in [7, 11) is 0. The van der Waals surface area contributed by atoms with Crippen molar-refractivity contribution >= 4 is 5.69 Å². The molecule has 0 aromatic heterocycles. The van der Waals surface area contributed by atoms with E-state index in [9.17, 15) is 10.1 Å². The van der Waals surface area contributed by atoms with Crippen LogP contribution in [0.15, 0.2) is 18.2 Å². The number of non-ortho nitro benzene ring substituents is 1. The van der Waals surface area contributed by atoms with Crippen LogP contribution < -0.4 is 4.74 Å². The van der Waals surface area contributed by atoms with Gasteiger partial charge in [0.2, 0.25) is 0 Å². The summed E-state index contributed by atoms with van der Waals surface area (Å²) in [5, 5.41) is 10.7. The molecule has 0 spiro atoms. The molecule has 1 fully saturated rings. The highest BCUT2D eigenvalue weighted by atomic mass is 16.6. The molecule has 0 N–H and O–H groups in total. The molecular formula is C12H14N2O3. The number of nitro groups is 1. The Hall–Kier alpha value is -1.62. The fraction of sp³-hybridized carbons (Fsp3) is 0.500. The van der Waals surface area contributed by atoms with Gasteiger partial charge in [-0.3, -0.25) is 15.0 Å². The topological polar surface area (TPSA) is 55.6 Å². The van der Waals surface area contributed by atoms with Crippen LogP contribution in [-0.2, 0) is 6.54 Å². The number of ether oxygens (including phenoxy) is 1. The number of benzene rings is 1. The molecule has 1 saturated heterocycles. The lowest BCUT2D eigenvalue weighted by molar-refractivity contribution is -0.384. The summed E-state index contributed by atoms with van der Waals surface area (Å²) in [6, 6.07) is 5.38. The number of rotatable bonds is 1. The maximum absolute atomic E-state index is 10.7. The van der Waals surface area contributed by atoms with Gasteiger partial charge in [-0.25, -0.2) is 0 Å². The minimum Gasteiger partial charge on any atom is -0.491 e. The van der Waals surface area contributed by atoms with Gasteiger partial charge in [0.25, 0.3) is 5.69 Å². The van der Waals surface area contributed by atoms with Crippen molar-refractivity contribution in [3.63, 3.8) is 0 Å². The average Bonchev–Trinajstić information content (AvgIpc) is 2.68. The number of hydrogen-bond donors (Lipinski definition) is 0. The van der Waals surface area contributed by atoms with Gasteiger partial charge in [-0.15, -0.1) is 0 Å². The molecule has 2 aliphatic heterocycles. The van der Waals surface area contributed by atoms with Crippen molar-refractivity contribution in [1.29, 1.82) is 0 Å². The summed E-state index contributed by atoms with van der Waals surface area (Å²) in [6.07, 6.45) is 2.38. The number of fused-ring (bicyclic) bond motifs is 2. The third kappa shape index (κ3) is 1.86. The van der Waals surface area contributed by atoms with Gasteiger partial charge in [0.15, 0.2) is 0 Å². The SMILES string of the molecule is O=[N+]([O-])c1ccc2c(c1)OCC1CCCN1C2. The van der Waals surface area contributed by atoms with Gasteiger partial charge >= 0.3 is 0 Å². The third-order valence-electron chi connectivity index (χ3n) is 3.57. The predicted octanol–water partition coefficient (Wildman–Crippen LogP) is 1.95. The van der Waals surface area contributed by atoms with Crippen LogP contribution in [0.1, 0.15) is 18.4 Å². The van der Waals surface area contributed by atoms with Crippen LogP contribution in [-0.4, -0.2) is 29.0 Å². The van der Waals surface area contributed by atoms with Crippen LogP contribution in [0.2, 0.25) is 0 Å². The van der Waals surface area contributed by atoms with E-state index in [2.05, 4.69) is 4.90 Å². The molecule has 90 valence electrons. The van der Waals surface area contributed by atoms with Crippen LogP contribution in [0, 0.1) is 10.1 Å². The normalized spacial score (nSPS) is 23.4. The van der Waals surface area contributed by atoms with Crippen molar-refractivity contribution in [2.75, 3.05) is 13.2 Å². The van der Waals surface area contributed by atoms with Gasteiger partial charge in [0.1, 0.15) is 12.4 Å². The van der Waals surface area contributed by atoms with Crippen LogP contribution in [0.5, 0.6) is 5.75 Å². The predicted molar refractivity (Wildman–Crippen MR) is 62.0 cm³/mol.